The molecule has 1 aliphatic heterocycles. The summed E-state index contributed by atoms with van der Waals surface area (Å²) in [6.07, 6.45) is 0.881. The van der Waals surface area contributed by atoms with Gasteiger partial charge in [0.1, 0.15) is 0 Å². The summed E-state index contributed by atoms with van der Waals surface area (Å²) in [5, 5.41) is 3.30. The Bertz CT molecular complexity index is 702. The molecular formula is C18H30IN3O2S. The molecule has 1 N–H and O–H groups in total. The molecule has 25 heavy (non-hydrogen) atoms. The third kappa shape index (κ3) is 5.84. The monoisotopic (exact) mass is 479 g/mol. The molecule has 0 amide bonds. The molecule has 0 bridgehead atoms. The lowest BCUT2D eigenvalue weighted by Crippen LogP contribution is -2.57. The molecule has 0 aliphatic carbocycles. The first-order valence-electron chi connectivity index (χ1n) is 8.56. The van der Waals surface area contributed by atoms with Crippen LogP contribution in [0.5, 0.6) is 0 Å². The molecule has 2 rings (SSSR count). The number of sulfone groups is 1. The number of aryl methyl sites for hydroxylation is 1. The van der Waals surface area contributed by atoms with Gasteiger partial charge in [0.15, 0.2) is 15.8 Å². The molecule has 7 heteroatoms. The molecule has 1 aromatic rings. The smallest absolute Gasteiger partial charge is 0.194 e. The van der Waals surface area contributed by atoms with Crippen LogP contribution in [-0.2, 0) is 16.3 Å². The molecule has 0 aromatic heterocycles. The summed E-state index contributed by atoms with van der Waals surface area (Å²) < 4.78 is 23.6. The highest BCUT2D eigenvalue weighted by Crippen LogP contribution is 2.23. The molecule has 142 valence electrons. The minimum Gasteiger partial charge on any atom is -0.357 e. The first-order chi connectivity index (χ1) is 11.2. The predicted molar refractivity (Wildman–Crippen MR) is 116 cm³/mol. The van der Waals surface area contributed by atoms with Crippen LogP contribution >= 0.6 is 24.0 Å². The Labute approximate surface area is 169 Å². The van der Waals surface area contributed by atoms with E-state index in [9.17, 15) is 8.42 Å². The Morgan fingerprint density at radius 2 is 2.08 bits per heavy atom. The lowest BCUT2D eigenvalue weighted by atomic mass is 10.1. The van der Waals surface area contributed by atoms with Gasteiger partial charge in [0.05, 0.1) is 10.5 Å². The van der Waals surface area contributed by atoms with Gasteiger partial charge >= 0.3 is 0 Å². The molecule has 0 saturated carbocycles. The van der Waals surface area contributed by atoms with Crippen LogP contribution < -0.4 is 5.32 Å². The van der Waals surface area contributed by atoms with E-state index in [1.54, 1.807) is 13.8 Å². The van der Waals surface area contributed by atoms with Gasteiger partial charge in [-0.3, -0.25) is 4.99 Å². The van der Waals surface area contributed by atoms with Crippen molar-refractivity contribution >= 4 is 39.8 Å². The lowest BCUT2D eigenvalue weighted by molar-refractivity contribution is 0.353. The zero-order valence-corrected chi connectivity index (χ0v) is 18.7. The second kappa shape index (κ2) is 9.21. The van der Waals surface area contributed by atoms with Gasteiger partial charge in [-0.2, -0.15) is 0 Å². The third-order valence-electron chi connectivity index (χ3n) is 4.42. The largest absolute Gasteiger partial charge is 0.357 e. The summed E-state index contributed by atoms with van der Waals surface area (Å²) in [4.78, 5) is 6.78. The number of nitrogens with one attached hydrogen (secondary N) is 1. The van der Waals surface area contributed by atoms with Gasteiger partial charge in [0, 0.05) is 26.2 Å². The second-order valence-electron chi connectivity index (χ2n) is 6.97. The standard InChI is InChI=1S/C18H29N3O2S.HI/c1-5-19-17(20-10-9-16-8-6-7-15(2)13-16)21-11-12-24(22,23)18(3,4)14-21;/h6-8,13H,5,9-12,14H2,1-4H3,(H,19,20);1H. The first-order valence-corrected chi connectivity index (χ1v) is 10.2. The maximum Gasteiger partial charge on any atom is 0.194 e. The highest BCUT2D eigenvalue weighted by atomic mass is 127. The minimum atomic E-state index is -3.04. The highest BCUT2D eigenvalue weighted by Gasteiger charge is 2.40. The lowest BCUT2D eigenvalue weighted by Gasteiger charge is -2.39. The van der Waals surface area contributed by atoms with Crippen molar-refractivity contribution in [2.75, 3.05) is 31.9 Å². The van der Waals surface area contributed by atoms with Gasteiger partial charge in [-0.05, 0) is 39.7 Å². The Morgan fingerprint density at radius 1 is 1.36 bits per heavy atom. The summed E-state index contributed by atoms with van der Waals surface area (Å²) in [6.45, 7) is 10.2. The zero-order valence-electron chi connectivity index (χ0n) is 15.6. The summed E-state index contributed by atoms with van der Waals surface area (Å²) in [6, 6.07) is 8.45. The van der Waals surface area contributed by atoms with E-state index in [0.717, 1.165) is 18.9 Å². The van der Waals surface area contributed by atoms with Gasteiger partial charge in [0.25, 0.3) is 0 Å². The number of rotatable bonds is 4. The average molecular weight is 479 g/mol. The van der Waals surface area contributed by atoms with Crippen molar-refractivity contribution in [1.29, 1.82) is 0 Å². The molecule has 5 nitrogen and oxygen atoms in total. The van der Waals surface area contributed by atoms with Crippen molar-refractivity contribution in [3.05, 3.63) is 35.4 Å². The average Bonchev–Trinajstić information content (AvgIpc) is 2.49. The summed E-state index contributed by atoms with van der Waals surface area (Å²) in [7, 11) is -3.04. The molecule has 1 heterocycles. The Hall–Kier alpha value is -0.830. The number of hydrogen-bond acceptors (Lipinski definition) is 3. The van der Waals surface area contributed by atoms with Gasteiger partial charge in [-0.25, -0.2) is 8.42 Å². The quantitative estimate of drug-likeness (QED) is 0.410. The van der Waals surface area contributed by atoms with E-state index in [-0.39, 0.29) is 29.7 Å². The summed E-state index contributed by atoms with van der Waals surface area (Å²) in [5.74, 6) is 0.996. The van der Waals surface area contributed by atoms with Crippen LogP contribution in [0.25, 0.3) is 0 Å². The fourth-order valence-corrected chi connectivity index (χ4v) is 4.27. The molecule has 0 atom stereocenters. The van der Waals surface area contributed by atoms with E-state index in [0.29, 0.717) is 19.6 Å². The van der Waals surface area contributed by atoms with Gasteiger partial charge in [-0.15, -0.1) is 24.0 Å². The third-order valence-corrected chi connectivity index (χ3v) is 6.96. The van der Waals surface area contributed by atoms with Crippen LogP contribution in [0.1, 0.15) is 31.9 Å². The molecule has 1 aliphatic rings. The maximum absolute atomic E-state index is 12.2. The van der Waals surface area contributed by atoms with E-state index in [2.05, 4.69) is 41.4 Å². The topological polar surface area (TPSA) is 61.8 Å². The molecule has 1 fully saturated rings. The van der Waals surface area contributed by atoms with Crippen LogP contribution in [0.4, 0.5) is 0 Å². The van der Waals surface area contributed by atoms with Crippen molar-refractivity contribution in [3.8, 4) is 0 Å². The fourth-order valence-electron chi connectivity index (χ4n) is 2.91. The van der Waals surface area contributed by atoms with Gasteiger partial charge in [-0.1, -0.05) is 29.8 Å². The van der Waals surface area contributed by atoms with Crippen LogP contribution in [0.2, 0.25) is 0 Å². The fraction of sp³-hybridized carbons (Fsp3) is 0.611. The SMILES string of the molecule is CCNC(=NCCc1cccc(C)c1)N1CCS(=O)(=O)C(C)(C)C1.I. The van der Waals surface area contributed by atoms with Gasteiger partial charge < -0.3 is 10.2 Å². The number of hydrogen-bond donors (Lipinski definition) is 1. The highest BCUT2D eigenvalue weighted by molar-refractivity contribution is 14.0. The molecule has 0 unspecified atom stereocenters. The molecule has 1 aromatic carbocycles. The van der Waals surface area contributed by atoms with E-state index in [1.807, 2.05) is 6.92 Å². The van der Waals surface area contributed by atoms with Crippen LogP contribution in [0.15, 0.2) is 29.3 Å². The summed E-state index contributed by atoms with van der Waals surface area (Å²) in [5.41, 5.74) is 2.53. The minimum absolute atomic E-state index is 0. The van der Waals surface area contributed by atoms with Crippen molar-refractivity contribution < 1.29 is 8.42 Å². The molecule has 0 spiro atoms. The van der Waals surface area contributed by atoms with Crippen LogP contribution in [0, 0.1) is 6.92 Å². The van der Waals surface area contributed by atoms with Crippen molar-refractivity contribution in [2.45, 2.75) is 38.9 Å². The van der Waals surface area contributed by atoms with Crippen molar-refractivity contribution in [3.63, 3.8) is 0 Å². The molecule has 1 saturated heterocycles. The number of benzene rings is 1. The van der Waals surface area contributed by atoms with Crippen molar-refractivity contribution in [1.82, 2.24) is 10.2 Å². The Kier molecular flexibility index (Phi) is 8.18. The Balaban J connectivity index is 0.00000312. The predicted octanol–water partition coefficient (Wildman–Crippen LogP) is 2.63. The normalized spacial score (nSPS) is 19.2. The number of guanidine groups is 1. The van der Waals surface area contributed by atoms with Crippen molar-refractivity contribution in [2.24, 2.45) is 4.99 Å². The van der Waals surface area contributed by atoms with Crippen LogP contribution in [-0.4, -0.2) is 56.0 Å². The molecular weight excluding hydrogens is 449 g/mol. The Morgan fingerprint density at radius 3 is 2.68 bits per heavy atom. The molecule has 0 radical (unpaired) electrons. The first kappa shape index (κ1) is 22.2. The van der Waals surface area contributed by atoms with E-state index < -0.39 is 14.6 Å². The zero-order chi connectivity index (χ0) is 17.8. The van der Waals surface area contributed by atoms with Gasteiger partial charge in [0.2, 0.25) is 0 Å². The second-order valence-corrected chi connectivity index (χ2v) is 9.72. The van der Waals surface area contributed by atoms with Crippen LogP contribution in [0.3, 0.4) is 0 Å². The number of halogens is 1. The van der Waals surface area contributed by atoms with E-state index in [1.165, 1.54) is 11.1 Å². The number of aliphatic imine (C=N–C) groups is 1. The van der Waals surface area contributed by atoms with E-state index >= 15 is 0 Å². The summed E-state index contributed by atoms with van der Waals surface area (Å²) >= 11 is 0. The van der Waals surface area contributed by atoms with E-state index in [4.69, 9.17) is 4.99 Å². The maximum atomic E-state index is 12.2. The number of nitrogens with zero attached hydrogens (tertiary/aromatic N) is 2.